The fourth-order valence-corrected chi connectivity index (χ4v) is 2.82. The van der Waals surface area contributed by atoms with Crippen LogP contribution in [-0.4, -0.2) is 31.1 Å². The summed E-state index contributed by atoms with van der Waals surface area (Å²) >= 11 is 0. The summed E-state index contributed by atoms with van der Waals surface area (Å²) in [7, 11) is 0. The molecule has 1 saturated heterocycles. The zero-order valence-corrected chi connectivity index (χ0v) is 15.1. The normalized spacial score (nSPS) is 16.6. The maximum atomic E-state index is 14.1. The minimum Gasteiger partial charge on any atom is -0.314 e. The Morgan fingerprint density at radius 2 is 1.61 bits per heavy atom. The van der Waals surface area contributed by atoms with E-state index in [0.717, 1.165) is 45.1 Å². The maximum Gasteiger partial charge on any atom is 0.194 e. The van der Waals surface area contributed by atoms with Gasteiger partial charge in [0, 0.05) is 37.8 Å². The summed E-state index contributed by atoms with van der Waals surface area (Å²) in [5.41, 5.74) is 0.274. The van der Waals surface area contributed by atoms with E-state index in [4.69, 9.17) is 0 Å². The summed E-state index contributed by atoms with van der Waals surface area (Å²) in [6, 6.07) is 2.23. The van der Waals surface area contributed by atoms with Gasteiger partial charge in [0.2, 0.25) is 0 Å². The van der Waals surface area contributed by atoms with E-state index in [1.54, 1.807) is 0 Å². The Morgan fingerprint density at radius 3 is 2.17 bits per heavy atom. The Morgan fingerprint density at radius 1 is 1.00 bits per heavy atom. The Labute approximate surface area is 148 Å². The number of rotatable bonds is 5. The molecule has 2 nitrogen and oxygen atoms in total. The van der Waals surface area contributed by atoms with E-state index in [1.165, 1.54) is 6.07 Å². The van der Waals surface area contributed by atoms with Crippen LogP contribution in [0.25, 0.3) is 0 Å². The van der Waals surface area contributed by atoms with Crippen molar-refractivity contribution in [2.24, 2.45) is 5.92 Å². The predicted molar refractivity (Wildman–Crippen MR) is 92.1 cm³/mol. The minimum absolute atomic E-state index is 0. The Hall–Kier alpha value is -0.490. The van der Waals surface area contributed by atoms with E-state index < -0.39 is 17.5 Å². The van der Waals surface area contributed by atoms with Crippen LogP contribution < -0.4 is 5.32 Å². The van der Waals surface area contributed by atoms with Gasteiger partial charge < -0.3 is 5.32 Å². The number of nitrogens with one attached hydrogen (secondary N) is 1. The Bertz CT molecular complexity index is 481. The summed E-state index contributed by atoms with van der Waals surface area (Å²) in [6.07, 6.45) is 1.67. The van der Waals surface area contributed by atoms with Crippen LogP contribution >= 0.6 is 24.8 Å². The van der Waals surface area contributed by atoms with Gasteiger partial charge in [0.25, 0.3) is 0 Å². The summed E-state index contributed by atoms with van der Waals surface area (Å²) < 4.78 is 40.8. The lowest BCUT2D eigenvalue weighted by atomic mass is 9.95. The van der Waals surface area contributed by atoms with Crippen molar-refractivity contribution in [1.29, 1.82) is 0 Å². The quantitative estimate of drug-likeness (QED) is 0.773. The second kappa shape index (κ2) is 10.4. The van der Waals surface area contributed by atoms with Gasteiger partial charge in [-0.15, -0.1) is 24.8 Å². The van der Waals surface area contributed by atoms with Crippen LogP contribution in [0.1, 0.15) is 38.3 Å². The second-order valence-electron chi connectivity index (χ2n) is 6.04. The van der Waals surface area contributed by atoms with Crippen LogP contribution in [0.15, 0.2) is 12.1 Å². The summed E-state index contributed by atoms with van der Waals surface area (Å²) in [5, 5.41) is 3.25. The highest BCUT2D eigenvalue weighted by Crippen LogP contribution is 2.31. The van der Waals surface area contributed by atoms with Gasteiger partial charge in [-0.1, -0.05) is 19.9 Å². The van der Waals surface area contributed by atoms with Crippen LogP contribution in [0.5, 0.6) is 0 Å². The van der Waals surface area contributed by atoms with Crippen LogP contribution in [0, 0.1) is 23.4 Å². The molecule has 0 spiro atoms. The molecule has 0 amide bonds. The third-order valence-corrected chi connectivity index (χ3v) is 4.03. The molecule has 1 aromatic carbocycles. The molecule has 0 aliphatic carbocycles. The molecular formula is C16H25Cl2F3N2. The molecule has 23 heavy (non-hydrogen) atoms. The first-order valence-corrected chi connectivity index (χ1v) is 7.59. The van der Waals surface area contributed by atoms with Crippen molar-refractivity contribution in [2.45, 2.75) is 32.7 Å². The SMILES string of the molecule is CC(C)CC[C@@H](c1ccc(F)c(F)c1F)N1CCNCC1.Cl.Cl. The highest BCUT2D eigenvalue weighted by atomic mass is 35.5. The highest BCUT2D eigenvalue weighted by Gasteiger charge is 2.27. The Balaban J connectivity index is 0.00000242. The van der Waals surface area contributed by atoms with Crippen molar-refractivity contribution in [3.8, 4) is 0 Å². The van der Waals surface area contributed by atoms with Crippen molar-refractivity contribution >= 4 is 24.8 Å². The molecule has 0 radical (unpaired) electrons. The molecule has 0 bridgehead atoms. The molecule has 0 aromatic heterocycles. The van der Waals surface area contributed by atoms with E-state index >= 15 is 0 Å². The van der Waals surface area contributed by atoms with E-state index in [2.05, 4.69) is 24.1 Å². The smallest absolute Gasteiger partial charge is 0.194 e. The van der Waals surface area contributed by atoms with Gasteiger partial charge in [0.1, 0.15) is 0 Å². The van der Waals surface area contributed by atoms with Gasteiger partial charge in [0.05, 0.1) is 0 Å². The van der Waals surface area contributed by atoms with Crippen LogP contribution in [-0.2, 0) is 0 Å². The molecule has 1 fully saturated rings. The first-order valence-electron chi connectivity index (χ1n) is 7.59. The maximum absolute atomic E-state index is 14.1. The zero-order chi connectivity index (χ0) is 15.4. The second-order valence-corrected chi connectivity index (χ2v) is 6.04. The molecule has 2 rings (SSSR count). The van der Waals surface area contributed by atoms with Crippen LogP contribution in [0.4, 0.5) is 13.2 Å². The van der Waals surface area contributed by atoms with Gasteiger partial charge in [0.15, 0.2) is 17.5 Å². The summed E-state index contributed by atoms with van der Waals surface area (Å²) in [6.45, 7) is 7.47. The first kappa shape index (κ1) is 22.5. The monoisotopic (exact) mass is 372 g/mol. The number of nitrogens with zero attached hydrogens (tertiary/aromatic N) is 1. The lowest BCUT2D eigenvalue weighted by molar-refractivity contribution is 0.155. The number of halogens is 5. The number of benzene rings is 1. The van der Waals surface area contributed by atoms with Crippen molar-refractivity contribution in [3.63, 3.8) is 0 Å². The van der Waals surface area contributed by atoms with Gasteiger partial charge in [-0.2, -0.15) is 0 Å². The first-order chi connectivity index (χ1) is 10.0. The molecular weight excluding hydrogens is 348 g/mol. The molecule has 134 valence electrons. The third kappa shape index (κ3) is 5.82. The van der Waals surface area contributed by atoms with E-state index in [0.29, 0.717) is 5.92 Å². The molecule has 0 saturated carbocycles. The van der Waals surface area contributed by atoms with Crippen LogP contribution in [0.3, 0.4) is 0 Å². The molecule has 1 heterocycles. The van der Waals surface area contributed by atoms with Crippen molar-refractivity contribution < 1.29 is 13.2 Å². The minimum atomic E-state index is -1.36. The number of hydrogen-bond acceptors (Lipinski definition) is 2. The molecule has 1 aromatic rings. The fraction of sp³-hybridized carbons (Fsp3) is 0.625. The van der Waals surface area contributed by atoms with Crippen molar-refractivity contribution in [3.05, 3.63) is 35.1 Å². The van der Waals surface area contributed by atoms with Gasteiger partial charge in [-0.3, -0.25) is 4.90 Å². The fourth-order valence-electron chi connectivity index (χ4n) is 2.82. The molecule has 1 aliphatic heterocycles. The lowest BCUT2D eigenvalue weighted by Crippen LogP contribution is -2.45. The van der Waals surface area contributed by atoms with Gasteiger partial charge in [-0.25, -0.2) is 13.2 Å². The molecule has 1 N–H and O–H groups in total. The summed E-state index contributed by atoms with van der Waals surface area (Å²) in [4.78, 5) is 2.16. The van der Waals surface area contributed by atoms with E-state index in [-0.39, 0.29) is 36.4 Å². The Kier molecular flexibility index (Phi) is 10.2. The van der Waals surface area contributed by atoms with Crippen LogP contribution in [0.2, 0.25) is 0 Å². The average Bonchev–Trinajstić information content (AvgIpc) is 2.48. The van der Waals surface area contributed by atoms with Gasteiger partial charge in [-0.05, 0) is 24.8 Å². The zero-order valence-electron chi connectivity index (χ0n) is 13.4. The third-order valence-electron chi connectivity index (χ3n) is 4.03. The molecule has 1 aliphatic rings. The molecule has 1 atom stereocenters. The largest absolute Gasteiger partial charge is 0.314 e. The average molecular weight is 373 g/mol. The molecule has 0 unspecified atom stereocenters. The summed E-state index contributed by atoms with van der Waals surface area (Å²) in [5.74, 6) is -3.04. The highest BCUT2D eigenvalue weighted by molar-refractivity contribution is 5.85. The van der Waals surface area contributed by atoms with E-state index in [1.807, 2.05) is 0 Å². The van der Waals surface area contributed by atoms with E-state index in [9.17, 15) is 13.2 Å². The van der Waals surface area contributed by atoms with Gasteiger partial charge >= 0.3 is 0 Å². The number of hydrogen-bond donors (Lipinski definition) is 1. The number of piperazine rings is 1. The van der Waals surface area contributed by atoms with Crippen molar-refractivity contribution in [2.75, 3.05) is 26.2 Å². The molecule has 7 heteroatoms. The topological polar surface area (TPSA) is 15.3 Å². The standard InChI is InChI=1S/C16H23F3N2.2ClH/c1-11(2)3-6-14(21-9-7-20-8-10-21)12-4-5-13(17)16(19)15(12)18;;/h4-5,11,14,20H,3,6-10H2,1-2H3;2*1H/t14-;;/m0../s1. The predicted octanol–water partition coefficient (Wildman–Crippen LogP) is 4.33. The lowest BCUT2D eigenvalue weighted by Gasteiger charge is -2.35. The van der Waals surface area contributed by atoms with Crippen molar-refractivity contribution in [1.82, 2.24) is 10.2 Å².